The molecule has 0 bridgehead atoms. The Balaban J connectivity index is 2.20. The van der Waals surface area contributed by atoms with Gasteiger partial charge in [-0.3, -0.25) is 9.78 Å². The second-order valence-electron chi connectivity index (χ2n) is 5.10. The van der Waals surface area contributed by atoms with Gasteiger partial charge in [0, 0.05) is 30.0 Å². The van der Waals surface area contributed by atoms with E-state index in [2.05, 4.69) is 16.9 Å². The van der Waals surface area contributed by atoms with Crippen LogP contribution in [0.25, 0.3) is 10.8 Å². The van der Waals surface area contributed by atoms with Gasteiger partial charge >= 0.3 is 0 Å². The van der Waals surface area contributed by atoms with Gasteiger partial charge in [0.05, 0.1) is 5.92 Å². The number of fused-ring (bicyclic) bond motifs is 1. The van der Waals surface area contributed by atoms with Crippen LogP contribution in [0.4, 0.5) is 5.69 Å². The number of carbonyl (C=O) groups excluding carboxylic acids is 1. The van der Waals surface area contributed by atoms with E-state index in [-0.39, 0.29) is 12.5 Å². The van der Waals surface area contributed by atoms with E-state index in [0.717, 1.165) is 22.0 Å². The molecule has 1 amide bonds. The van der Waals surface area contributed by atoms with Crippen molar-refractivity contribution in [3.63, 3.8) is 0 Å². The Morgan fingerprint density at radius 2 is 2.22 bits per heavy atom. The second-order valence-corrected chi connectivity index (χ2v) is 5.10. The minimum absolute atomic E-state index is 0.122. The first-order valence-electron chi connectivity index (χ1n) is 7.49. The number of hydrogen-bond acceptors (Lipinski definition) is 3. The number of nitrogens with two attached hydrogens (primary N) is 1. The fraction of sp³-hybridized carbons (Fsp3) is 0.158. The average Bonchev–Trinajstić information content (AvgIpc) is 2.58. The zero-order valence-corrected chi connectivity index (χ0v) is 13.2. The molecule has 2 aromatic rings. The zero-order chi connectivity index (χ0) is 16.7. The van der Waals surface area contributed by atoms with Crippen LogP contribution < -0.4 is 11.1 Å². The van der Waals surface area contributed by atoms with Crippen molar-refractivity contribution in [1.82, 2.24) is 4.98 Å². The molecule has 1 aromatic carbocycles. The van der Waals surface area contributed by atoms with Gasteiger partial charge < -0.3 is 11.1 Å². The van der Waals surface area contributed by atoms with E-state index in [9.17, 15) is 4.79 Å². The molecule has 0 saturated carbocycles. The van der Waals surface area contributed by atoms with Gasteiger partial charge in [0.1, 0.15) is 0 Å². The summed E-state index contributed by atoms with van der Waals surface area (Å²) in [6, 6.07) is 7.64. The van der Waals surface area contributed by atoms with Gasteiger partial charge in [0.25, 0.3) is 0 Å². The number of benzene rings is 1. The smallest absolute Gasteiger partial charge is 0.233 e. The Morgan fingerprint density at radius 3 is 2.91 bits per heavy atom. The predicted molar refractivity (Wildman–Crippen MR) is 96.0 cm³/mol. The van der Waals surface area contributed by atoms with Crippen molar-refractivity contribution in [3.05, 3.63) is 73.1 Å². The van der Waals surface area contributed by atoms with E-state index >= 15 is 0 Å². The monoisotopic (exact) mass is 307 g/mol. The first-order valence-corrected chi connectivity index (χ1v) is 7.49. The van der Waals surface area contributed by atoms with Crippen LogP contribution in [0.3, 0.4) is 0 Å². The molecule has 1 heterocycles. The van der Waals surface area contributed by atoms with Crippen molar-refractivity contribution < 1.29 is 4.79 Å². The summed E-state index contributed by atoms with van der Waals surface area (Å²) in [5, 5.41) is 5.00. The minimum atomic E-state index is -0.399. The summed E-state index contributed by atoms with van der Waals surface area (Å²) in [7, 11) is 0. The number of pyridine rings is 1. The van der Waals surface area contributed by atoms with Crippen molar-refractivity contribution in [3.8, 4) is 0 Å². The first-order chi connectivity index (χ1) is 11.2. The summed E-state index contributed by atoms with van der Waals surface area (Å²) >= 11 is 0. The van der Waals surface area contributed by atoms with Crippen LogP contribution in [0.2, 0.25) is 0 Å². The highest BCUT2D eigenvalue weighted by molar-refractivity contribution is 5.97. The maximum absolute atomic E-state index is 12.5. The highest BCUT2D eigenvalue weighted by Crippen LogP contribution is 2.20. The Morgan fingerprint density at radius 1 is 1.39 bits per heavy atom. The van der Waals surface area contributed by atoms with Crippen LogP contribution in [-0.4, -0.2) is 17.4 Å². The number of carbonyl (C=O) groups is 1. The van der Waals surface area contributed by atoms with Gasteiger partial charge in [-0.2, -0.15) is 0 Å². The number of nitrogens with one attached hydrogen (secondary N) is 1. The third-order valence-electron chi connectivity index (χ3n) is 3.62. The van der Waals surface area contributed by atoms with Crippen LogP contribution in [0.15, 0.2) is 73.1 Å². The van der Waals surface area contributed by atoms with Crippen LogP contribution in [-0.2, 0) is 4.79 Å². The fourth-order valence-electron chi connectivity index (χ4n) is 2.38. The number of hydrogen-bond donors (Lipinski definition) is 2. The highest BCUT2D eigenvalue weighted by Gasteiger charge is 2.19. The van der Waals surface area contributed by atoms with E-state index < -0.39 is 5.92 Å². The molecule has 1 atom stereocenters. The Bertz CT molecular complexity index is 762. The lowest BCUT2D eigenvalue weighted by molar-refractivity contribution is -0.118. The topological polar surface area (TPSA) is 68.0 Å². The molecule has 23 heavy (non-hydrogen) atoms. The van der Waals surface area contributed by atoms with Gasteiger partial charge in [-0.25, -0.2) is 0 Å². The molecule has 4 heteroatoms. The summed E-state index contributed by atoms with van der Waals surface area (Å²) < 4.78 is 0. The van der Waals surface area contributed by atoms with Crippen molar-refractivity contribution in [2.24, 2.45) is 11.7 Å². The Hall–Kier alpha value is -2.72. The molecule has 0 radical (unpaired) electrons. The average molecular weight is 307 g/mol. The number of aromatic nitrogens is 1. The molecule has 0 aliphatic carbocycles. The number of amides is 1. The quantitative estimate of drug-likeness (QED) is 0.803. The number of nitrogens with zero attached hydrogens (tertiary/aromatic N) is 1. The molecule has 0 saturated heterocycles. The molecule has 0 aliphatic heterocycles. The summed E-state index contributed by atoms with van der Waals surface area (Å²) in [6.07, 6.45) is 10.7. The predicted octanol–water partition coefficient (Wildman–Crippen LogP) is 3.44. The molecule has 4 nitrogen and oxygen atoms in total. The van der Waals surface area contributed by atoms with Crippen molar-refractivity contribution in [2.75, 3.05) is 11.9 Å². The SMILES string of the molecule is C=C/C=C\C(=C/C)C(CN)C(=O)Nc1ccc2cnccc2c1. The van der Waals surface area contributed by atoms with Crippen LogP contribution in [0.1, 0.15) is 6.92 Å². The molecule has 118 valence electrons. The lowest BCUT2D eigenvalue weighted by Gasteiger charge is -2.16. The summed E-state index contributed by atoms with van der Waals surface area (Å²) in [5.74, 6) is -0.521. The standard InChI is InChI=1S/C19H21N3O/c1-3-5-6-14(4-2)18(12-20)19(23)22-17-8-7-16-13-21-10-9-15(16)11-17/h3-11,13,18H,1,12,20H2,2H3,(H,22,23)/b6-5-,14-4+. The normalized spacial score (nSPS) is 13.2. The lowest BCUT2D eigenvalue weighted by atomic mass is 9.97. The Labute approximate surface area is 136 Å². The van der Waals surface area contributed by atoms with Gasteiger partial charge in [-0.15, -0.1) is 0 Å². The van der Waals surface area contributed by atoms with E-state index in [1.165, 1.54) is 0 Å². The first kappa shape index (κ1) is 16.6. The highest BCUT2D eigenvalue weighted by atomic mass is 16.1. The third kappa shape index (κ3) is 4.14. The summed E-state index contributed by atoms with van der Waals surface area (Å²) in [4.78, 5) is 16.6. The largest absolute Gasteiger partial charge is 0.329 e. The molecule has 3 N–H and O–H groups in total. The van der Waals surface area contributed by atoms with Gasteiger partial charge in [0.2, 0.25) is 5.91 Å². The van der Waals surface area contributed by atoms with Gasteiger partial charge in [-0.05, 0) is 36.1 Å². The van der Waals surface area contributed by atoms with E-state index in [4.69, 9.17) is 5.73 Å². The molecular weight excluding hydrogens is 286 g/mol. The van der Waals surface area contributed by atoms with Crippen molar-refractivity contribution in [1.29, 1.82) is 0 Å². The second kappa shape index (κ2) is 8.06. The van der Waals surface area contributed by atoms with Gasteiger partial charge in [0.15, 0.2) is 0 Å². The zero-order valence-electron chi connectivity index (χ0n) is 13.2. The van der Waals surface area contributed by atoms with Gasteiger partial charge in [-0.1, -0.05) is 36.9 Å². The van der Waals surface area contributed by atoms with Crippen LogP contribution in [0, 0.1) is 5.92 Å². The maximum atomic E-state index is 12.5. The third-order valence-corrected chi connectivity index (χ3v) is 3.62. The molecular formula is C19H21N3O. The molecule has 1 aromatic heterocycles. The number of rotatable bonds is 6. The Kier molecular flexibility index (Phi) is 5.83. The molecule has 0 aliphatic rings. The minimum Gasteiger partial charge on any atom is -0.329 e. The number of allylic oxidation sites excluding steroid dienone is 4. The van der Waals surface area contributed by atoms with Crippen molar-refractivity contribution in [2.45, 2.75) is 6.92 Å². The van der Waals surface area contributed by atoms with E-state index in [0.29, 0.717) is 0 Å². The van der Waals surface area contributed by atoms with E-state index in [1.54, 1.807) is 24.5 Å². The fourth-order valence-corrected chi connectivity index (χ4v) is 2.38. The van der Waals surface area contributed by atoms with Crippen molar-refractivity contribution >= 4 is 22.4 Å². The van der Waals surface area contributed by atoms with Crippen LogP contribution >= 0.6 is 0 Å². The maximum Gasteiger partial charge on any atom is 0.233 e. The lowest BCUT2D eigenvalue weighted by Crippen LogP contribution is -2.30. The number of anilines is 1. The van der Waals surface area contributed by atoms with Crippen LogP contribution in [0.5, 0.6) is 0 Å². The molecule has 2 rings (SSSR count). The van der Waals surface area contributed by atoms with E-state index in [1.807, 2.05) is 43.3 Å². The summed E-state index contributed by atoms with van der Waals surface area (Å²) in [5.41, 5.74) is 7.41. The molecule has 0 spiro atoms. The molecule has 1 unspecified atom stereocenters. The molecule has 0 fully saturated rings. The summed E-state index contributed by atoms with van der Waals surface area (Å²) in [6.45, 7) is 5.77.